The quantitative estimate of drug-likeness (QED) is 0.897. The predicted molar refractivity (Wildman–Crippen MR) is 78.6 cm³/mol. The van der Waals surface area contributed by atoms with E-state index in [2.05, 4.69) is 10.6 Å². The molecule has 0 aromatic heterocycles. The van der Waals surface area contributed by atoms with E-state index in [0.29, 0.717) is 37.4 Å². The Hall–Kier alpha value is -1.60. The van der Waals surface area contributed by atoms with Crippen LogP contribution >= 0.6 is 0 Å². The first-order chi connectivity index (χ1) is 10.3. The number of carbonyl (C=O) groups is 1. The van der Waals surface area contributed by atoms with Gasteiger partial charge in [-0.1, -0.05) is 12.1 Å². The molecule has 0 aliphatic carbocycles. The van der Waals surface area contributed by atoms with Gasteiger partial charge in [-0.2, -0.15) is 13.2 Å². The molecule has 1 aliphatic rings. The highest BCUT2D eigenvalue weighted by atomic mass is 19.4. The van der Waals surface area contributed by atoms with E-state index in [4.69, 9.17) is 0 Å². The summed E-state index contributed by atoms with van der Waals surface area (Å²) >= 11 is 0. The van der Waals surface area contributed by atoms with Crippen molar-refractivity contribution >= 4 is 11.6 Å². The average molecular weight is 315 g/mol. The maximum atomic E-state index is 12.9. The van der Waals surface area contributed by atoms with E-state index in [9.17, 15) is 18.0 Å². The number of nitrogens with zero attached hydrogens (tertiary/aromatic N) is 1. The number of amides is 1. The lowest BCUT2D eigenvalue weighted by Crippen LogP contribution is -2.46. The van der Waals surface area contributed by atoms with E-state index < -0.39 is 18.6 Å². The van der Waals surface area contributed by atoms with Gasteiger partial charge in [-0.05, 0) is 17.7 Å². The predicted octanol–water partition coefficient (Wildman–Crippen LogP) is 2.54. The first-order valence-corrected chi connectivity index (χ1v) is 7.24. The van der Waals surface area contributed by atoms with Crippen molar-refractivity contribution in [1.82, 2.24) is 10.2 Å². The van der Waals surface area contributed by atoms with Crippen LogP contribution < -0.4 is 10.6 Å². The smallest absolute Gasteiger partial charge is 0.326 e. The van der Waals surface area contributed by atoms with Gasteiger partial charge in [0.15, 0.2) is 0 Å². The molecule has 122 valence electrons. The van der Waals surface area contributed by atoms with Crippen molar-refractivity contribution in [3.05, 3.63) is 29.8 Å². The molecule has 7 heteroatoms. The minimum Gasteiger partial charge on any atom is -0.326 e. The SMILES string of the molecule is CC(=O)Nc1ccc([C@H](CC(F)(F)F)N2CCNCC2)cc1. The van der Waals surface area contributed by atoms with Crippen LogP contribution in [0.4, 0.5) is 18.9 Å². The molecule has 22 heavy (non-hydrogen) atoms. The standard InChI is InChI=1S/C15H20F3N3O/c1-11(22)20-13-4-2-12(3-5-13)14(10-15(16,17)18)21-8-6-19-7-9-21/h2-5,14,19H,6-10H2,1H3,(H,20,22)/t14-/m0/s1. The second kappa shape index (κ2) is 7.11. The van der Waals surface area contributed by atoms with E-state index in [1.807, 2.05) is 4.90 Å². The van der Waals surface area contributed by atoms with Gasteiger partial charge in [0.1, 0.15) is 0 Å². The fourth-order valence-electron chi connectivity index (χ4n) is 2.66. The van der Waals surface area contributed by atoms with Crippen LogP contribution in [0, 0.1) is 0 Å². The number of hydrogen-bond acceptors (Lipinski definition) is 3. The van der Waals surface area contributed by atoms with Crippen LogP contribution in [0.25, 0.3) is 0 Å². The first-order valence-electron chi connectivity index (χ1n) is 7.24. The Morgan fingerprint density at radius 1 is 1.27 bits per heavy atom. The van der Waals surface area contributed by atoms with Gasteiger partial charge >= 0.3 is 6.18 Å². The van der Waals surface area contributed by atoms with Crippen molar-refractivity contribution in [1.29, 1.82) is 0 Å². The Bertz CT molecular complexity index is 496. The molecule has 1 fully saturated rings. The van der Waals surface area contributed by atoms with Crippen molar-refractivity contribution < 1.29 is 18.0 Å². The fourth-order valence-corrected chi connectivity index (χ4v) is 2.66. The third kappa shape index (κ3) is 4.99. The molecule has 1 aromatic carbocycles. The Labute approximate surface area is 127 Å². The zero-order valence-corrected chi connectivity index (χ0v) is 12.4. The van der Waals surface area contributed by atoms with Crippen molar-refractivity contribution in [2.24, 2.45) is 0 Å². The summed E-state index contributed by atoms with van der Waals surface area (Å²) in [4.78, 5) is 12.9. The molecule has 1 amide bonds. The summed E-state index contributed by atoms with van der Waals surface area (Å²) in [6, 6.07) is 5.91. The summed E-state index contributed by atoms with van der Waals surface area (Å²) in [5.74, 6) is -0.207. The summed E-state index contributed by atoms with van der Waals surface area (Å²) in [5, 5.41) is 5.76. The Balaban J connectivity index is 2.17. The minimum atomic E-state index is -4.22. The van der Waals surface area contributed by atoms with Crippen LogP contribution in [0.15, 0.2) is 24.3 Å². The van der Waals surface area contributed by atoms with Crippen LogP contribution in [0.1, 0.15) is 24.9 Å². The lowest BCUT2D eigenvalue weighted by Gasteiger charge is -2.35. The van der Waals surface area contributed by atoms with Crippen LogP contribution in [0.2, 0.25) is 0 Å². The van der Waals surface area contributed by atoms with Crippen LogP contribution in [0.3, 0.4) is 0 Å². The fraction of sp³-hybridized carbons (Fsp3) is 0.533. The molecule has 1 atom stereocenters. The van der Waals surface area contributed by atoms with E-state index >= 15 is 0 Å². The Morgan fingerprint density at radius 2 is 1.86 bits per heavy atom. The highest BCUT2D eigenvalue weighted by molar-refractivity contribution is 5.88. The van der Waals surface area contributed by atoms with Gasteiger partial charge in [0.05, 0.1) is 6.42 Å². The summed E-state index contributed by atoms with van der Waals surface area (Å²) in [5.41, 5.74) is 1.20. The van der Waals surface area contributed by atoms with Gasteiger partial charge in [0.2, 0.25) is 5.91 Å². The first kappa shape index (κ1) is 16.8. The largest absolute Gasteiger partial charge is 0.390 e. The van der Waals surface area contributed by atoms with Crippen molar-refractivity contribution in [3.8, 4) is 0 Å². The molecular formula is C15H20F3N3O. The summed E-state index contributed by atoms with van der Waals surface area (Å²) in [6.45, 7) is 3.96. The normalized spacial score (nSPS) is 18.0. The number of nitrogens with one attached hydrogen (secondary N) is 2. The van der Waals surface area contributed by atoms with Crippen molar-refractivity contribution in [2.45, 2.75) is 25.6 Å². The number of benzene rings is 1. The number of anilines is 1. The van der Waals surface area contributed by atoms with Gasteiger partial charge in [-0.15, -0.1) is 0 Å². The zero-order chi connectivity index (χ0) is 16.2. The third-order valence-electron chi connectivity index (χ3n) is 3.63. The van der Waals surface area contributed by atoms with Gasteiger partial charge < -0.3 is 10.6 Å². The van der Waals surface area contributed by atoms with E-state index in [-0.39, 0.29) is 5.91 Å². The number of alkyl halides is 3. The molecule has 4 nitrogen and oxygen atoms in total. The van der Waals surface area contributed by atoms with Crippen LogP contribution in [0.5, 0.6) is 0 Å². The molecule has 0 bridgehead atoms. The van der Waals surface area contributed by atoms with E-state index in [1.54, 1.807) is 24.3 Å². The molecule has 1 saturated heterocycles. The molecule has 1 heterocycles. The zero-order valence-electron chi connectivity index (χ0n) is 12.4. The molecule has 1 aromatic rings. The Morgan fingerprint density at radius 3 is 2.36 bits per heavy atom. The second-order valence-electron chi connectivity index (χ2n) is 5.42. The average Bonchev–Trinajstić information content (AvgIpc) is 2.45. The summed E-state index contributed by atoms with van der Waals surface area (Å²) in [7, 11) is 0. The summed E-state index contributed by atoms with van der Waals surface area (Å²) in [6.07, 6.45) is -5.08. The van der Waals surface area contributed by atoms with E-state index in [1.165, 1.54) is 6.92 Å². The van der Waals surface area contributed by atoms with Gasteiger partial charge in [-0.3, -0.25) is 9.69 Å². The summed E-state index contributed by atoms with van der Waals surface area (Å²) < 4.78 is 38.7. The lowest BCUT2D eigenvalue weighted by molar-refractivity contribution is -0.148. The third-order valence-corrected chi connectivity index (χ3v) is 3.63. The van der Waals surface area contributed by atoms with Gasteiger partial charge in [0.25, 0.3) is 0 Å². The topological polar surface area (TPSA) is 44.4 Å². The molecule has 2 N–H and O–H groups in total. The highest BCUT2D eigenvalue weighted by Crippen LogP contribution is 2.34. The number of rotatable bonds is 4. The second-order valence-corrected chi connectivity index (χ2v) is 5.42. The molecule has 0 radical (unpaired) electrons. The number of piperazine rings is 1. The monoisotopic (exact) mass is 315 g/mol. The molecule has 0 spiro atoms. The number of carbonyl (C=O) groups excluding carboxylic acids is 1. The maximum Gasteiger partial charge on any atom is 0.390 e. The number of halogens is 3. The minimum absolute atomic E-state index is 0.207. The van der Waals surface area contributed by atoms with Crippen LogP contribution in [-0.4, -0.2) is 43.2 Å². The van der Waals surface area contributed by atoms with Crippen LogP contribution in [-0.2, 0) is 4.79 Å². The van der Waals surface area contributed by atoms with Gasteiger partial charge in [0, 0.05) is 44.8 Å². The molecule has 2 rings (SSSR count). The molecular weight excluding hydrogens is 295 g/mol. The lowest BCUT2D eigenvalue weighted by atomic mass is 10.0. The van der Waals surface area contributed by atoms with Crippen molar-refractivity contribution in [3.63, 3.8) is 0 Å². The molecule has 0 unspecified atom stereocenters. The Kier molecular flexibility index (Phi) is 5.42. The van der Waals surface area contributed by atoms with Gasteiger partial charge in [-0.25, -0.2) is 0 Å². The maximum absolute atomic E-state index is 12.9. The highest BCUT2D eigenvalue weighted by Gasteiger charge is 2.35. The van der Waals surface area contributed by atoms with E-state index in [0.717, 1.165) is 0 Å². The van der Waals surface area contributed by atoms with Crippen molar-refractivity contribution in [2.75, 3.05) is 31.5 Å². The molecule has 1 aliphatic heterocycles. The number of hydrogen-bond donors (Lipinski definition) is 2. The molecule has 0 saturated carbocycles.